The first kappa shape index (κ1) is 18.0. The van der Waals surface area contributed by atoms with Gasteiger partial charge in [0.05, 0.1) is 18.8 Å². The van der Waals surface area contributed by atoms with Crippen LogP contribution in [0.15, 0.2) is 40.8 Å². The molecule has 138 valence electrons. The molecule has 1 atom stereocenters. The number of nitrogens with one attached hydrogen (secondary N) is 1. The first-order chi connectivity index (χ1) is 12.6. The largest absolute Gasteiger partial charge is 0.478 e. The standard InChI is InChI=1S/C19H22N2O5/c1-2-15-7-8-17(26-15)16-12-25-10-9-21(16)19(24)20-11-13-3-5-14(6-4-13)18(22)23/h3-8,16H,2,9-12H2,1H3,(H,20,24)(H,22,23). The molecule has 1 aromatic carbocycles. The fourth-order valence-corrected chi connectivity index (χ4v) is 2.89. The highest BCUT2D eigenvalue weighted by Crippen LogP contribution is 2.26. The molecule has 2 aromatic rings. The molecule has 7 heteroatoms. The molecule has 7 nitrogen and oxygen atoms in total. The maximum atomic E-state index is 12.6. The van der Waals surface area contributed by atoms with E-state index in [0.717, 1.165) is 23.5 Å². The molecule has 26 heavy (non-hydrogen) atoms. The molecular formula is C19H22N2O5. The average Bonchev–Trinajstić information content (AvgIpc) is 3.15. The predicted octanol–water partition coefficient (Wildman–Crippen LogP) is 2.82. The number of morpholine rings is 1. The molecule has 1 aliphatic heterocycles. The summed E-state index contributed by atoms with van der Waals surface area (Å²) >= 11 is 0. The van der Waals surface area contributed by atoms with Crippen molar-refractivity contribution in [3.63, 3.8) is 0 Å². The van der Waals surface area contributed by atoms with Crippen LogP contribution in [0.4, 0.5) is 4.79 Å². The molecule has 0 aliphatic carbocycles. The number of hydrogen-bond donors (Lipinski definition) is 2. The summed E-state index contributed by atoms with van der Waals surface area (Å²) in [6.45, 7) is 3.70. The van der Waals surface area contributed by atoms with E-state index in [2.05, 4.69) is 5.32 Å². The zero-order chi connectivity index (χ0) is 18.5. The summed E-state index contributed by atoms with van der Waals surface area (Å²) in [7, 11) is 0. The van der Waals surface area contributed by atoms with E-state index in [1.54, 1.807) is 17.0 Å². The molecule has 2 amide bonds. The number of hydrogen-bond acceptors (Lipinski definition) is 4. The van der Waals surface area contributed by atoms with Crippen molar-refractivity contribution < 1.29 is 23.8 Å². The molecule has 0 spiro atoms. The number of urea groups is 1. The van der Waals surface area contributed by atoms with Crippen molar-refractivity contribution in [1.29, 1.82) is 0 Å². The van der Waals surface area contributed by atoms with Crippen molar-refractivity contribution in [2.75, 3.05) is 19.8 Å². The zero-order valence-electron chi connectivity index (χ0n) is 14.6. The van der Waals surface area contributed by atoms with Gasteiger partial charge >= 0.3 is 12.0 Å². The van der Waals surface area contributed by atoms with E-state index in [9.17, 15) is 9.59 Å². The lowest BCUT2D eigenvalue weighted by Crippen LogP contribution is -2.47. The Morgan fingerprint density at radius 1 is 1.23 bits per heavy atom. The number of aromatic carboxylic acids is 1. The minimum Gasteiger partial charge on any atom is -0.478 e. The Bertz CT molecular complexity index is 768. The predicted molar refractivity (Wildman–Crippen MR) is 94.0 cm³/mol. The van der Waals surface area contributed by atoms with Crippen LogP contribution in [0.5, 0.6) is 0 Å². The second-order valence-electron chi connectivity index (χ2n) is 6.10. The van der Waals surface area contributed by atoms with Crippen molar-refractivity contribution in [2.45, 2.75) is 25.9 Å². The van der Waals surface area contributed by atoms with Crippen LogP contribution in [-0.2, 0) is 17.7 Å². The van der Waals surface area contributed by atoms with Gasteiger partial charge in [0, 0.05) is 19.5 Å². The van der Waals surface area contributed by atoms with Gasteiger partial charge in [-0.15, -0.1) is 0 Å². The fourth-order valence-electron chi connectivity index (χ4n) is 2.89. The molecule has 1 unspecified atom stereocenters. The lowest BCUT2D eigenvalue weighted by molar-refractivity contribution is 0.00392. The van der Waals surface area contributed by atoms with E-state index < -0.39 is 5.97 Å². The summed E-state index contributed by atoms with van der Waals surface area (Å²) in [4.78, 5) is 25.2. The number of amides is 2. The third-order valence-corrected chi connectivity index (χ3v) is 4.39. The van der Waals surface area contributed by atoms with Crippen LogP contribution in [0.2, 0.25) is 0 Å². The van der Waals surface area contributed by atoms with Gasteiger partial charge in [-0.2, -0.15) is 0 Å². The van der Waals surface area contributed by atoms with Crippen molar-refractivity contribution in [3.05, 3.63) is 59.0 Å². The number of carboxylic acids is 1. The minimum absolute atomic E-state index is 0.199. The molecule has 1 fully saturated rings. The summed E-state index contributed by atoms with van der Waals surface area (Å²) in [5, 5.41) is 11.8. The van der Waals surface area contributed by atoms with Gasteiger partial charge in [-0.05, 0) is 29.8 Å². The number of carbonyl (C=O) groups is 2. The van der Waals surface area contributed by atoms with Crippen LogP contribution >= 0.6 is 0 Å². The quantitative estimate of drug-likeness (QED) is 0.857. The third-order valence-electron chi connectivity index (χ3n) is 4.39. The minimum atomic E-state index is -0.971. The van der Waals surface area contributed by atoms with Crippen LogP contribution in [-0.4, -0.2) is 41.8 Å². The summed E-state index contributed by atoms with van der Waals surface area (Å²) in [5.41, 5.74) is 1.05. The van der Waals surface area contributed by atoms with Crippen LogP contribution in [0.3, 0.4) is 0 Å². The number of rotatable bonds is 5. The number of benzene rings is 1. The highest BCUT2D eigenvalue weighted by Gasteiger charge is 2.30. The highest BCUT2D eigenvalue weighted by molar-refractivity contribution is 5.87. The molecule has 3 rings (SSSR count). The zero-order valence-corrected chi connectivity index (χ0v) is 14.6. The second-order valence-corrected chi connectivity index (χ2v) is 6.10. The van der Waals surface area contributed by atoms with Gasteiger partial charge in [0.15, 0.2) is 0 Å². The summed E-state index contributed by atoms with van der Waals surface area (Å²) in [6.07, 6.45) is 0.798. The fraction of sp³-hybridized carbons (Fsp3) is 0.368. The number of aryl methyl sites for hydroxylation is 1. The SMILES string of the molecule is CCc1ccc(C2COCCN2C(=O)NCc2ccc(C(=O)O)cc2)o1. The second kappa shape index (κ2) is 8.05. The molecule has 2 heterocycles. The van der Waals surface area contributed by atoms with Gasteiger partial charge in [0.2, 0.25) is 0 Å². The van der Waals surface area contributed by atoms with E-state index in [1.807, 2.05) is 19.1 Å². The molecule has 0 radical (unpaired) electrons. The third kappa shape index (κ3) is 4.05. The van der Waals surface area contributed by atoms with Crippen LogP contribution in [0, 0.1) is 0 Å². The van der Waals surface area contributed by atoms with Crippen LogP contribution < -0.4 is 5.32 Å². The summed E-state index contributed by atoms with van der Waals surface area (Å²) in [6, 6.07) is 9.80. The van der Waals surface area contributed by atoms with Gasteiger partial charge in [-0.3, -0.25) is 0 Å². The van der Waals surface area contributed by atoms with Gasteiger partial charge < -0.3 is 24.5 Å². The van der Waals surface area contributed by atoms with Gasteiger partial charge in [0.1, 0.15) is 17.6 Å². The molecule has 0 bridgehead atoms. The summed E-state index contributed by atoms with van der Waals surface area (Å²) in [5.74, 6) is 0.633. The molecule has 0 saturated carbocycles. The molecule has 1 saturated heterocycles. The molecule has 1 aromatic heterocycles. The molecule has 2 N–H and O–H groups in total. The number of furan rings is 1. The Labute approximate surface area is 151 Å². The van der Waals surface area contributed by atoms with E-state index in [1.165, 1.54) is 12.1 Å². The Kier molecular flexibility index (Phi) is 5.58. The van der Waals surface area contributed by atoms with E-state index in [-0.39, 0.29) is 17.6 Å². The molecule has 1 aliphatic rings. The maximum absolute atomic E-state index is 12.6. The van der Waals surface area contributed by atoms with Gasteiger partial charge in [-0.1, -0.05) is 19.1 Å². The monoisotopic (exact) mass is 358 g/mol. The van der Waals surface area contributed by atoms with Gasteiger partial charge in [-0.25, -0.2) is 9.59 Å². The number of ether oxygens (including phenoxy) is 1. The Balaban J connectivity index is 1.63. The van der Waals surface area contributed by atoms with Gasteiger partial charge in [0.25, 0.3) is 0 Å². The van der Waals surface area contributed by atoms with Crippen molar-refractivity contribution in [1.82, 2.24) is 10.2 Å². The lowest BCUT2D eigenvalue weighted by atomic mass is 10.1. The summed E-state index contributed by atoms with van der Waals surface area (Å²) < 4.78 is 11.3. The number of carboxylic acid groups (broad SMARTS) is 1. The molecular weight excluding hydrogens is 336 g/mol. The number of nitrogens with zero attached hydrogens (tertiary/aromatic N) is 1. The topological polar surface area (TPSA) is 92.0 Å². The Morgan fingerprint density at radius 2 is 2.00 bits per heavy atom. The first-order valence-corrected chi connectivity index (χ1v) is 8.61. The average molecular weight is 358 g/mol. The maximum Gasteiger partial charge on any atom is 0.335 e. The van der Waals surface area contributed by atoms with E-state index >= 15 is 0 Å². The highest BCUT2D eigenvalue weighted by atomic mass is 16.5. The number of carbonyl (C=O) groups excluding carboxylic acids is 1. The van der Waals surface area contributed by atoms with E-state index in [0.29, 0.717) is 26.3 Å². The smallest absolute Gasteiger partial charge is 0.335 e. The Morgan fingerprint density at radius 3 is 2.65 bits per heavy atom. The van der Waals surface area contributed by atoms with Crippen LogP contribution in [0.25, 0.3) is 0 Å². The first-order valence-electron chi connectivity index (χ1n) is 8.61. The van der Waals surface area contributed by atoms with E-state index in [4.69, 9.17) is 14.3 Å². The van der Waals surface area contributed by atoms with Crippen molar-refractivity contribution in [2.24, 2.45) is 0 Å². The van der Waals surface area contributed by atoms with Crippen molar-refractivity contribution in [3.8, 4) is 0 Å². The lowest BCUT2D eigenvalue weighted by Gasteiger charge is -2.34. The van der Waals surface area contributed by atoms with Crippen molar-refractivity contribution >= 4 is 12.0 Å². The Hall–Kier alpha value is -2.80. The van der Waals surface area contributed by atoms with Crippen LogP contribution in [0.1, 0.15) is 40.4 Å². The normalized spacial score (nSPS) is 17.1.